The van der Waals surface area contributed by atoms with Gasteiger partial charge in [0.1, 0.15) is 5.82 Å². The first kappa shape index (κ1) is 18.4. The van der Waals surface area contributed by atoms with E-state index in [0.717, 1.165) is 38.5 Å². The Morgan fingerprint density at radius 1 is 1.22 bits per heavy atom. The highest BCUT2D eigenvalue weighted by molar-refractivity contribution is 5.20. The Labute approximate surface area is 138 Å². The molecule has 4 heteroatoms. The minimum absolute atomic E-state index is 0.0949. The molecule has 1 saturated carbocycles. The standard InChI is InChI=1S/C19H30FNO2/c1-19(2,12-11-14-7-9-15(22)10-8-14)21-13-18(23)16-5-3-4-6-17(16)20/h3-6,14-15,18,21-23H,7-13H2,1-2H3/t14?,15?,18-/m0/s1. The average Bonchev–Trinajstić information content (AvgIpc) is 2.53. The van der Waals surface area contributed by atoms with Crippen molar-refractivity contribution in [2.45, 2.75) is 70.1 Å². The molecular formula is C19H30FNO2. The van der Waals surface area contributed by atoms with E-state index in [0.29, 0.717) is 18.0 Å². The maximum atomic E-state index is 13.7. The van der Waals surface area contributed by atoms with Crippen molar-refractivity contribution in [2.75, 3.05) is 6.54 Å². The van der Waals surface area contributed by atoms with Crippen LogP contribution in [0.15, 0.2) is 24.3 Å². The first-order chi connectivity index (χ1) is 10.9. The third-order valence-corrected chi connectivity index (χ3v) is 5.03. The summed E-state index contributed by atoms with van der Waals surface area (Å²) >= 11 is 0. The Bertz CT molecular complexity index is 484. The lowest BCUT2D eigenvalue weighted by molar-refractivity contribution is 0.102. The van der Waals surface area contributed by atoms with Gasteiger partial charge in [0.2, 0.25) is 0 Å². The Morgan fingerprint density at radius 2 is 1.87 bits per heavy atom. The topological polar surface area (TPSA) is 52.5 Å². The van der Waals surface area contributed by atoms with Gasteiger partial charge in [0.15, 0.2) is 0 Å². The summed E-state index contributed by atoms with van der Waals surface area (Å²) in [7, 11) is 0. The number of halogens is 1. The van der Waals surface area contributed by atoms with E-state index in [9.17, 15) is 14.6 Å². The molecule has 3 N–H and O–H groups in total. The molecular weight excluding hydrogens is 293 g/mol. The van der Waals surface area contributed by atoms with Crippen LogP contribution in [-0.4, -0.2) is 28.4 Å². The van der Waals surface area contributed by atoms with Crippen molar-refractivity contribution < 1.29 is 14.6 Å². The van der Waals surface area contributed by atoms with Crippen molar-refractivity contribution in [3.05, 3.63) is 35.6 Å². The molecule has 0 amide bonds. The van der Waals surface area contributed by atoms with Gasteiger partial charge in [-0.2, -0.15) is 0 Å². The Kier molecular flexibility index (Phi) is 6.57. The van der Waals surface area contributed by atoms with Crippen LogP contribution < -0.4 is 5.32 Å². The molecule has 1 aromatic rings. The number of hydrogen-bond donors (Lipinski definition) is 3. The summed E-state index contributed by atoms with van der Waals surface area (Å²) in [6.07, 6.45) is 5.26. The molecule has 3 nitrogen and oxygen atoms in total. The van der Waals surface area contributed by atoms with Gasteiger partial charge in [-0.25, -0.2) is 4.39 Å². The summed E-state index contributed by atoms with van der Waals surface area (Å²) in [5.41, 5.74) is 0.250. The zero-order chi connectivity index (χ0) is 16.9. The van der Waals surface area contributed by atoms with Gasteiger partial charge in [0.25, 0.3) is 0 Å². The summed E-state index contributed by atoms with van der Waals surface area (Å²) in [6, 6.07) is 6.37. The predicted molar refractivity (Wildman–Crippen MR) is 90.6 cm³/mol. The van der Waals surface area contributed by atoms with E-state index >= 15 is 0 Å². The van der Waals surface area contributed by atoms with Gasteiger partial charge in [0, 0.05) is 17.6 Å². The van der Waals surface area contributed by atoms with Gasteiger partial charge in [-0.1, -0.05) is 18.2 Å². The second-order valence-corrected chi connectivity index (χ2v) is 7.52. The number of hydrogen-bond acceptors (Lipinski definition) is 3. The number of β-amino-alcohol motifs (C(OH)–C–C–N with tert-alkyl or cyclic N) is 1. The van der Waals surface area contributed by atoms with Crippen molar-refractivity contribution in [1.82, 2.24) is 5.32 Å². The van der Waals surface area contributed by atoms with E-state index in [1.807, 2.05) is 0 Å². The van der Waals surface area contributed by atoms with Crippen LogP contribution in [0.3, 0.4) is 0 Å². The van der Waals surface area contributed by atoms with Gasteiger partial charge in [0.05, 0.1) is 12.2 Å². The van der Waals surface area contributed by atoms with Crippen LogP contribution in [0.2, 0.25) is 0 Å². The molecule has 0 saturated heterocycles. The summed E-state index contributed by atoms with van der Waals surface area (Å²) < 4.78 is 13.7. The van der Waals surface area contributed by atoms with Crippen LogP contribution in [0.25, 0.3) is 0 Å². The molecule has 1 aromatic carbocycles. The first-order valence-electron chi connectivity index (χ1n) is 8.73. The van der Waals surface area contributed by atoms with Gasteiger partial charge >= 0.3 is 0 Å². The predicted octanol–water partition coefficient (Wildman–Crippen LogP) is 3.56. The molecule has 2 rings (SSSR count). The summed E-state index contributed by atoms with van der Waals surface area (Å²) in [4.78, 5) is 0. The monoisotopic (exact) mass is 323 g/mol. The molecule has 1 fully saturated rings. The molecule has 0 unspecified atom stereocenters. The quantitative estimate of drug-likeness (QED) is 0.719. The molecule has 130 valence electrons. The second-order valence-electron chi connectivity index (χ2n) is 7.52. The van der Waals surface area contributed by atoms with Gasteiger partial charge in [-0.3, -0.25) is 0 Å². The van der Waals surface area contributed by atoms with Crippen LogP contribution in [0, 0.1) is 11.7 Å². The van der Waals surface area contributed by atoms with E-state index in [1.54, 1.807) is 18.2 Å². The molecule has 1 atom stereocenters. The van der Waals surface area contributed by atoms with E-state index < -0.39 is 6.10 Å². The molecule has 0 radical (unpaired) electrons. The third-order valence-electron chi connectivity index (χ3n) is 5.03. The molecule has 23 heavy (non-hydrogen) atoms. The number of aliphatic hydroxyl groups excluding tert-OH is 2. The fraction of sp³-hybridized carbons (Fsp3) is 0.684. The number of benzene rings is 1. The Morgan fingerprint density at radius 3 is 2.52 bits per heavy atom. The SMILES string of the molecule is CC(C)(CCC1CCC(O)CC1)NC[C@H](O)c1ccccc1F. The maximum absolute atomic E-state index is 13.7. The molecule has 0 spiro atoms. The summed E-state index contributed by atoms with van der Waals surface area (Å²) in [6.45, 7) is 4.59. The summed E-state index contributed by atoms with van der Waals surface area (Å²) in [5.74, 6) is 0.330. The lowest BCUT2D eigenvalue weighted by Crippen LogP contribution is -2.42. The number of rotatable bonds is 7. The molecule has 0 aliphatic heterocycles. The normalized spacial score (nSPS) is 23.7. The lowest BCUT2D eigenvalue weighted by Gasteiger charge is -2.32. The van der Waals surface area contributed by atoms with Crippen LogP contribution in [-0.2, 0) is 0 Å². The van der Waals surface area contributed by atoms with E-state index in [1.165, 1.54) is 6.07 Å². The minimum atomic E-state index is -0.833. The van der Waals surface area contributed by atoms with Gasteiger partial charge in [-0.15, -0.1) is 0 Å². The lowest BCUT2D eigenvalue weighted by atomic mass is 9.82. The first-order valence-corrected chi connectivity index (χ1v) is 8.73. The molecule has 0 bridgehead atoms. The highest BCUT2D eigenvalue weighted by Gasteiger charge is 2.24. The molecule has 0 aromatic heterocycles. The zero-order valence-corrected chi connectivity index (χ0v) is 14.3. The van der Waals surface area contributed by atoms with E-state index in [-0.39, 0.29) is 17.5 Å². The molecule has 1 aliphatic rings. The number of aliphatic hydroxyl groups is 2. The smallest absolute Gasteiger partial charge is 0.129 e. The maximum Gasteiger partial charge on any atom is 0.129 e. The van der Waals surface area contributed by atoms with Crippen molar-refractivity contribution in [2.24, 2.45) is 5.92 Å². The van der Waals surface area contributed by atoms with Gasteiger partial charge in [-0.05, 0) is 64.4 Å². The van der Waals surface area contributed by atoms with Crippen molar-refractivity contribution in [3.8, 4) is 0 Å². The van der Waals surface area contributed by atoms with Gasteiger partial charge < -0.3 is 15.5 Å². The van der Waals surface area contributed by atoms with Crippen LogP contribution in [0.1, 0.15) is 64.0 Å². The minimum Gasteiger partial charge on any atom is -0.393 e. The fourth-order valence-corrected chi connectivity index (χ4v) is 3.32. The Hall–Kier alpha value is -0.970. The summed E-state index contributed by atoms with van der Waals surface area (Å²) in [5, 5.41) is 23.1. The fourth-order valence-electron chi connectivity index (χ4n) is 3.32. The van der Waals surface area contributed by atoms with Crippen molar-refractivity contribution in [1.29, 1.82) is 0 Å². The molecule has 0 heterocycles. The van der Waals surface area contributed by atoms with E-state index in [2.05, 4.69) is 19.2 Å². The van der Waals surface area contributed by atoms with Crippen molar-refractivity contribution in [3.63, 3.8) is 0 Å². The van der Waals surface area contributed by atoms with E-state index in [4.69, 9.17) is 0 Å². The second kappa shape index (κ2) is 8.22. The highest BCUT2D eigenvalue weighted by atomic mass is 19.1. The van der Waals surface area contributed by atoms with Crippen LogP contribution in [0.5, 0.6) is 0 Å². The zero-order valence-electron chi connectivity index (χ0n) is 14.3. The third kappa shape index (κ3) is 5.87. The van der Waals surface area contributed by atoms with Crippen LogP contribution in [0.4, 0.5) is 4.39 Å². The average molecular weight is 323 g/mol. The highest BCUT2D eigenvalue weighted by Crippen LogP contribution is 2.30. The molecule has 1 aliphatic carbocycles. The van der Waals surface area contributed by atoms with Crippen LogP contribution >= 0.6 is 0 Å². The van der Waals surface area contributed by atoms with Crippen molar-refractivity contribution >= 4 is 0 Å². The number of nitrogens with one attached hydrogen (secondary N) is 1. The Balaban J connectivity index is 1.76. The largest absolute Gasteiger partial charge is 0.393 e.